The van der Waals surface area contributed by atoms with Gasteiger partial charge in [-0.3, -0.25) is 4.79 Å². The van der Waals surface area contributed by atoms with E-state index in [1.807, 2.05) is 0 Å². The van der Waals surface area contributed by atoms with Crippen molar-refractivity contribution >= 4 is 5.97 Å². The van der Waals surface area contributed by atoms with Gasteiger partial charge in [-0.05, 0) is 111 Å². The molecular formula is C30H40FNO2. The Morgan fingerprint density at radius 1 is 1.09 bits per heavy atom. The molecule has 184 valence electrons. The van der Waals surface area contributed by atoms with Crippen molar-refractivity contribution in [2.75, 3.05) is 13.6 Å². The Labute approximate surface area is 204 Å². The number of allylic oxidation sites excluding steroid dienone is 1. The van der Waals surface area contributed by atoms with Crippen LogP contribution in [0.2, 0.25) is 0 Å². The van der Waals surface area contributed by atoms with E-state index in [0.717, 1.165) is 54.5 Å². The molecule has 6 rings (SSSR count). The Kier molecular flexibility index (Phi) is 5.48. The first-order chi connectivity index (χ1) is 16.3. The lowest BCUT2D eigenvalue weighted by atomic mass is 9.47. The normalized spacial score (nSPS) is 43.4. The van der Waals surface area contributed by atoms with Crippen LogP contribution in [0.4, 0.5) is 4.39 Å². The topological polar surface area (TPSA) is 29.5 Å². The van der Waals surface area contributed by atoms with Gasteiger partial charge in [-0.2, -0.15) is 0 Å². The Hall–Kier alpha value is -1.68. The summed E-state index contributed by atoms with van der Waals surface area (Å²) in [6.45, 7) is 6.30. The largest absolute Gasteiger partial charge is 0.462 e. The van der Waals surface area contributed by atoms with E-state index in [1.54, 1.807) is 17.7 Å². The van der Waals surface area contributed by atoms with Gasteiger partial charge >= 0.3 is 5.97 Å². The fraction of sp³-hybridized carbons (Fsp3) is 0.700. The summed E-state index contributed by atoms with van der Waals surface area (Å²) in [5, 5.41) is 0. The Balaban J connectivity index is 1.15. The first-order valence-corrected chi connectivity index (χ1v) is 13.6. The van der Waals surface area contributed by atoms with Crippen molar-refractivity contribution < 1.29 is 13.9 Å². The third-order valence-corrected chi connectivity index (χ3v) is 11.2. The Bertz CT molecular complexity index is 988. The number of rotatable bonds is 3. The van der Waals surface area contributed by atoms with E-state index in [2.05, 4.69) is 31.9 Å². The van der Waals surface area contributed by atoms with Gasteiger partial charge in [-0.25, -0.2) is 4.39 Å². The Morgan fingerprint density at radius 3 is 2.65 bits per heavy atom. The number of nitrogens with zero attached hydrogens (tertiary/aromatic N) is 1. The maximum absolute atomic E-state index is 13.2. The van der Waals surface area contributed by atoms with Gasteiger partial charge in [0.15, 0.2) is 0 Å². The first kappa shape index (κ1) is 22.8. The highest BCUT2D eigenvalue weighted by molar-refractivity contribution is 5.72. The number of carbonyl (C=O) groups is 1. The lowest BCUT2D eigenvalue weighted by Gasteiger charge is -2.58. The fourth-order valence-electron chi connectivity index (χ4n) is 9.53. The smallest absolute Gasteiger partial charge is 0.310 e. The summed E-state index contributed by atoms with van der Waals surface area (Å²) in [5.41, 5.74) is 3.22. The highest BCUT2D eigenvalue weighted by atomic mass is 19.1. The molecule has 8 atom stereocenters. The van der Waals surface area contributed by atoms with Crippen LogP contribution in [0, 0.1) is 40.3 Å². The number of benzene rings is 1. The predicted octanol–water partition coefficient (Wildman–Crippen LogP) is 6.17. The van der Waals surface area contributed by atoms with Gasteiger partial charge in [-0.15, -0.1) is 0 Å². The molecule has 34 heavy (non-hydrogen) atoms. The van der Waals surface area contributed by atoms with Gasteiger partial charge in [-0.1, -0.05) is 30.7 Å². The lowest BCUT2D eigenvalue weighted by Crippen LogP contribution is -2.51. The van der Waals surface area contributed by atoms with E-state index in [0.29, 0.717) is 5.41 Å². The monoisotopic (exact) mass is 465 g/mol. The van der Waals surface area contributed by atoms with Gasteiger partial charge in [0.2, 0.25) is 0 Å². The lowest BCUT2D eigenvalue weighted by molar-refractivity contribution is -0.150. The molecule has 4 fully saturated rings. The summed E-state index contributed by atoms with van der Waals surface area (Å²) in [5.74, 6) is 2.96. The van der Waals surface area contributed by atoms with Crippen molar-refractivity contribution in [2.24, 2.45) is 34.5 Å². The number of ether oxygens (including phenoxy) is 1. The predicted molar refractivity (Wildman–Crippen MR) is 132 cm³/mol. The summed E-state index contributed by atoms with van der Waals surface area (Å²) in [7, 11) is 2.35. The number of carbonyl (C=O) groups excluding carboxylic acids is 1. The summed E-state index contributed by atoms with van der Waals surface area (Å²) in [6.07, 6.45) is 12.6. The molecule has 1 saturated heterocycles. The molecule has 0 N–H and O–H groups in total. The molecule has 1 aromatic carbocycles. The van der Waals surface area contributed by atoms with Crippen LogP contribution in [0.1, 0.15) is 70.8 Å². The number of fused-ring (bicyclic) bond motifs is 4. The van der Waals surface area contributed by atoms with E-state index >= 15 is 0 Å². The molecule has 4 aliphatic carbocycles. The van der Waals surface area contributed by atoms with Crippen LogP contribution in [-0.2, 0) is 16.0 Å². The minimum absolute atomic E-state index is 0.0149. The van der Waals surface area contributed by atoms with Crippen LogP contribution in [0.5, 0.6) is 0 Å². The zero-order chi connectivity index (χ0) is 23.7. The van der Waals surface area contributed by atoms with E-state index < -0.39 is 0 Å². The minimum Gasteiger partial charge on any atom is -0.462 e. The molecule has 1 aliphatic heterocycles. The average Bonchev–Trinajstić information content (AvgIpc) is 3.29. The maximum Gasteiger partial charge on any atom is 0.310 e. The second-order valence-electron chi connectivity index (χ2n) is 12.5. The van der Waals surface area contributed by atoms with Crippen LogP contribution in [0.15, 0.2) is 35.9 Å². The summed E-state index contributed by atoms with van der Waals surface area (Å²) < 4.78 is 19.1. The molecule has 0 bridgehead atoms. The van der Waals surface area contributed by atoms with E-state index in [9.17, 15) is 9.18 Å². The summed E-state index contributed by atoms with van der Waals surface area (Å²) in [4.78, 5) is 15.2. The van der Waals surface area contributed by atoms with Gasteiger partial charge in [0.1, 0.15) is 11.9 Å². The molecule has 4 heteroatoms. The molecule has 1 aromatic rings. The second-order valence-corrected chi connectivity index (χ2v) is 12.5. The number of likely N-dealkylation sites (tertiary alicyclic amines) is 1. The SMILES string of the molecule is C[C@H]1[C@H]2CC[C@H]3[C@@H]4CC=C5C[C@@H](OC(=O)Cc6ccc(F)cc6)CC[C@]5(C)[C@H]4CC[C@]23CN1C. The van der Waals surface area contributed by atoms with Crippen LogP contribution in [0.25, 0.3) is 0 Å². The molecule has 1 heterocycles. The molecule has 0 unspecified atom stereocenters. The van der Waals surface area contributed by atoms with Crippen molar-refractivity contribution in [3.63, 3.8) is 0 Å². The van der Waals surface area contributed by atoms with Gasteiger partial charge in [0, 0.05) is 19.0 Å². The molecule has 1 spiro atoms. The van der Waals surface area contributed by atoms with Crippen molar-refractivity contribution in [3.8, 4) is 0 Å². The standard InChI is InChI=1S/C30H40FNO2/c1-19-25-10-11-27-24-9-6-21-17-23(34-28(33)16-20-4-7-22(31)8-5-20)12-14-29(21,2)26(24)13-15-30(25,27)18-32(19)3/h4-8,19,23-27H,9-18H2,1-3H3/t19-,23-,24+,25+,26-,27-,29-,30-/m0/s1. The quantitative estimate of drug-likeness (QED) is 0.395. The number of hydrogen-bond acceptors (Lipinski definition) is 3. The number of esters is 1. The molecule has 0 radical (unpaired) electrons. The average molecular weight is 466 g/mol. The summed E-state index contributed by atoms with van der Waals surface area (Å²) >= 11 is 0. The Morgan fingerprint density at radius 2 is 1.85 bits per heavy atom. The van der Waals surface area contributed by atoms with E-state index in [4.69, 9.17) is 4.74 Å². The molecule has 5 aliphatic rings. The van der Waals surface area contributed by atoms with Crippen molar-refractivity contribution in [2.45, 2.75) is 83.8 Å². The van der Waals surface area contributed by atoms with Crippen molar-refractivity contribution in [1.29, 1.82) is 0 Å². The van der Waals surface area contributed by atoms with E-state index in [1.165, 1.54) is 50.8 Å². The van der Waals surface area contributed by atoms with Crippen molar-refractivity contribution in [1.82, 2.24) is 4.90 Å². The molecule has 3 saturated carbocycles. The van der Waals surface area contributed by atoms with Crippen molar-refractivity contribution in [3.05, 3.63) is 47.3 Å². The molecule has 3 nitrogen and oxygen atoms in total. The highest BCUT2D eigenvalue weighted by Crippen LogP contribution is 2.68. The van der Waals surface area contributed by atoms with Crippen LogP contribution < -0.4 is 0 Å². The first-order valence-electron chi connectivity index (χ1n) is 13.6. The van der Waals surface area contributed by atoms with E-state index in [-0.39, 0.29) is 29.7 Å². The van der Waals surface area contributed by atoms with Gasteiger partial charge in [0.05, 0.1) is 6.42 Å². The number of hydrogen-bond donors (Lipinski definition) is 0. The zero-order valence-electron chi connectivity index (χ0n) is 21.1. The van der Waals surface area contributed by atoms with Gasteiger partial charge in [0.25, 0.3) is 0 Å². The second kappa shape index (κ2) is 8.18. The van der Waals surface area contributed by atoms with Crippen LogP contribution >= 0.6 is 0 Å². The maximum atomic E-state index is 13.2. The third kappa shape index (κ3) is 3.42. The van der Waals surface area contributed by atoms with Crippen LogP contribution in [-0.4, -0.2) is 36.6 Å². The number of halogens is 1. The fourth-order valence-corrected chi connectivity index (χ4v) is 9.53. The van der Waals surface area contributed by atoms with Crippen LogP contribution in [0.3, 0.4) is 0 Å². The molecule has 0 amide bonds. The summed E-state index contributed by atoms with van der Waals surface area (Å²) in [6, 6.07) is 6.90. The molecular weight excluding hydrogens is 425 g/mol. The minimum atomic E-state index is -0.276. The van der Waals surface area contributed by atoms with Gasteiger partial charge < -0.3 is 9.64 Å². The highest BCUT2D eigenvalue weighted by Gasteiger charge is 2.64. The third-order valence-electron chi connectivity index (χ3n) is 11.2. The zero-order valence-corrected chi connectivity index (χ0v) is 21.1. The molecule has 0 aromatic heterocycles.